The summed E-state index contributed by atoms with van der Waals surface area (Å²) in [4.78, 5) is 0. The molecule has 2 rings (SSSR count). The van der Waals surface area contributed by atoms with E-state index in [1.165, 1.54) is 5.57 Å². The van der Waals surface area contributed by atoms with Crippen LogP contribution in [-0.4, -0.2) is 0 Å². The Hall–Kier alpha value is -1.02. The molecular formula is C10H8BrN. The molecule has 0 aromatic carbocycles. The van der Waals surface area contributed by atoms with Gasteiger partial charge in [-0.2, -0.15) is 0 Å². The average Bonchev–Trinajstić information content (AvgIpc) is 2.56. The first-order valence-electron chi connectivity index (χ1n) is 3.76. The van der Waals surface area contributed by atoms with E-state index in [1.54, 1.807) is 0 Å². The molecule has 1 heterocycles. The summed E-state index contributed by atoms with van der Waals surface area (Å²) in [6.45, 7) is 0. The highest BCUT2D eigenvalue weighted by Crippen LogP contribution is 2.18. The molecule has 0 aromatic heterocycles. The van der Waals surface area contributed by atoms with Gasteiger partial charge in [0.15, 0.2) is 0 Å². The number of hydrogen-bond donors (Lipinski definition) is 1. The van der Waals surface area contributed by atoms with Crippen LogP contribution in [0.2, 0.25) is 0 Å². The molecule has 0 unspecified atom stereocenters. The Labute approximate surface area is 80.0 Å². The Morgan fingerprint density at radius 1 is 1.00 bits per heavy atom. The van der Waals surface area contributed by atoms with E-state index in [1.807, 2.05) is 24.3 Å². The first kappa shape index (κ1) is 7.62. The van der Waals surface area contributed by atoms with Gasteiger partial charge in [0.05, 0.1) is 4.61 Å². The summed E-state index contributed by atoms with van der Waals surface area (Å²) in [5.74, 6) is 0. The van der Waals surface area contributed by atoms with Gasteiger partial charge in [-0.1, -0.05) is 30.4 Å². The van der Waals surface area contributed by atoms with Crippen LogP contribution in [0.25, 0.3) is 0 Å². The van der Waals surface area contributed by atoms with Gasteiger partial charge in [0, 0.05) is 5.70 Å². The van der Waals surface area contributed by atoms with Crippen molar-refractivity contribution in [3.8, 4) is 0 Å². The van der Waals surface area contributed by atoms with Gasteiger partial charge in [-0.15, -0.1) is 0 Å². The Bertz CT molecular complexity index is 329. The maximum atomic E-state index is 3.39. The second-order valence-corrected chi connectivity index (χ2v) is 3.44. The third-order valence-electron chi connectivity index (χ3n) is 1.73. The van der Waals surface area contributed by atoms with Gasteiger partial charge in [-0.05, 0) is 33.7 Å². The summed E-state index contributed by atoms with van der Waals surface area (Å²) < 4.78 is 1.00. The van der Waals surface area contributed by atoms with Gasteiger partial charge < -0.3 is 5.32 Å². The van der Waals surface area contributed by atoms with Crippen LogP contribution in [0.3, 0.4) is 0 Å². The first-order valence-corrected chi connectivity index (χ1v) is 4.55. The van der Waals surface area contributed by atoms with Gasteiger partial charge in [-0.25, -0.2) is 0 Å². The molecule has 2 heteroatoms. The normalized spacial score (nSPS) is 19.9. The number of hydrogen-bond acceptors (Lipinski definition) is 1. The number of rotatable bonds is 0. The molecule has 0 fully saturated rings. The molecule has 0 aromatic rings. The van der Waals surface area contributed by atoms with Gasteiger partial charge >= 0.3 is 0 Å². The van der Waals surface area contributed by atoms with Crippen LogP contribution < -0.4 is 5.32 Å². The molecule has 0 atom stereocenters. The predicted octanol–water partition coefficient (Wildman–Crippen LogP) is 2.76. The van der Waals surface area contributed by atoms with E-state index < -0.39 is 0 Å². The number of nitrogens with one attached hydrogen (secondary N) is 1. The van der Waals surface area contributed by atoms with Crippen molar-refractivity contribution in [2.45, 2.75) is 0 Å². The fraction of sp³-hybridized carbons (Fsp3) is 0. The Kier molecular flexibility index (Phi) is 2.00. The van der Waals surface area contributed by atoms with Crippen LogP contribution in [0.1, 0.15) is 0 Å². The lowest BCUT2D eigenvalue weighted by atomic mass is 10.2. The highest BCUT2D eigenvalue weighted by Gasteiger charge is 2.04. The molecule has 0 radical (unpaired) electrons. The van der Waals surface area contributed by atoms with E-state index in [4.69, 9.17) is 0 Å². The van der Waals surface area contributed by atoms with Crippen molar-refractivity contribution < 1.29 is 0 Å². The average molecular weight is 222 g/mol. The van der Waals surface area contributed by atoms with Crippen LogP contribution >= 0.6 is 15.9 Å². The second-order valence-electron chi connectivity index (χ2n) is 2.59. The van der Waals surface area contributed by atoms with Crippen LogP contribution in [0.5, 0.6) is 0 Å². The standard InChI is InChI=1S/C10H8BrN/c11-10-7-3-6-9(12-10)8-4-1-2-5-8/h1-7,12H. The van der Waals surface area contributed by atoms with Crippen LogP contribution in [-0.2, 0) is 0 Å². The molecule has 1 aliphatic heterocycles. The van der Waals surface area contributed by atoms with Crippen molar-refractivity contribution in [1.29, 1.82) is 0 Å². The van der Waals surface area contributed by atoms with Crippen LogP contribution in [0, 0.1) is 0 Å². The summed E-state index contributed by atoms with van der Waals surface area (Å²) in [5, 5.41) is 3.23. The number of halogens is 1. The zero-order chi connectivity index (χ0) is 8.39. The second kappa shape index (κ2) is 3.15. The summed E-state index contributed by atoms with van der Waals surface area (Å²) in [7, 11) is 0. The summed E-state index contributed by atoms with van der Waals surface area (Å²) >= 11 is 3.39. The minimum Gasteiger partial charge on any atom is -0.349 e. The molecule has 1 nitrogen and oxygen atoms in total. The van der Waals surface area contributed by atoms with Crippen molar-refractivity contribution in [2.75, 3.05) is 0 Å². The van der Waals surface area contributed by atoms with E-state index in [-0.39, 0.29) is 0 Å². The molecule has 60 valence electrons. The molecular weight excluding hydrogens is 214 g/mol. The van der Waals surface area contributed by atoms with E-state index in [9.17, 15) is 0 Å². The number of dihydropyridines is 1. The lowest BCUT2D eigenvalue weighted by Gasteiger charge is -2.11. The fourth-order valence-electron chi connectivity index (χ4n) is 1.16. The fourth-order valence-corrected chi connectivity index (χ4v) is 1.53. The van der Waals surface area contributed by atoms with Gasteiger partial charge in [0.1, 0.15) is 0 Å². The Morgan fingerprint density at radius 2 is 1.75 bits per heavy atom. The largest absolute Gasteiger partial charge is 0.349 e. The maximum Gasteiger partial charge on any atom is 0.0824 e. The highest BCUT2D eigenvalue weighted by atomic mass is 79.9. The van der Waals surface area contributed by atoms with Crippen LogP contribution in [0.15, 0.2) is 58.4 Å². The van der Waals surface area contributed by atoms with Gasteiger partial charge in [0.2, 0.25) is 0 Å². The van der Waals surface area contributed by atoms with E-state index in [0.717, 1.165) is 10.3 Å². The topological polar surface area (TPSA) is 12.0 Å². The van der Waals surface area contributed by atoms with Crippen molar-refractivity contribution >= 4 is 15.9 Å². The molecule has 1 aliphatic carbocycles. The minimum atomic E-state index is 1.00. The minimum absolute atomic E-state index is 1.00. The highest BCUT2D eigenvalue weighted by molar-refractivity contribution is 9.11. The smallest absolute Gasteiger partial charge is 0.0824 e. The third-order valence-corrected chi connectivity index (χ3v) is 2.20. The van der Waals surface area contributed by atoms with Crippen molar-refractivity contribution in [3.05, 3.63) is 58.4 Å². The van der Waals surface area contributed by atoms with Gasteiger partial charge in [-0.3, -0.25) is 0 Å². The van der Waals surface area contributed by atoms with E-state index >= 15 is 0 Å². The first-order chi connectivity index (χ1) is 5.86. The SMILES string of the molecule is BrC1=CC=CC(=C2C=CC=C2)N1. The zero-order valence-corrected chi connectivity index (χ0v) is 8.01. The zero-order valence-electron chi connectivity index (χ0n) is 6.42. The monoisotopic (exact) mass is 221 g/mol. The summed E-state index contributed by atoms with van der Waals surface area (Å²) in [6.07, 6.45) is 14.3. The van der Waals surface area contributed by atoms with Crippen molar-refractivity contribution in [1.82, 2.24) is 5.32 Å². The van der Waals surface area contributed by atoms with Crippen LogP contribution in [0.4, 0.5) is 0 Å². The molecule has 0 spiro atoms. The molecule has 0 amide bonds. The lowest BCUT2D eigenvalue weighted by Crippen LogP contribution is -2.10. The molecule has 0 bridgehead atoms. The molecule has 2 aliphatic rings. The lowest BCUT2D eigenvalue weighted by molar-refractivity contribution is 1.07. The van der Waals surface area contributed by atoms with E-state index in [2.05, 4.69) is 39.5 Å². The van der Waals surface area contributed by atoms with Crippen molar-refractivity contribution in [3.63, 3.8) is 0 Å². The van der Waals surface area contributed by atoms with Gasteiger partial charge in [0.25, 0.3) is 0 Å². The maximum absolute atomic E-state index is 3.39. The summed E-state index contributed by atoms with van der Waals surface area (Å²) in [6, 6.07) is 0. The van der Waals surface area contributed by atoms with Crippen molar-refractivity contribution in [2.24, 2.45) is 0 Å². The third kappa shape index (κ3) is 1.43. The molecule has 12 heavy (non-hydrogen) atoms. The molecule has 0 saturated heterocycles. The predicted molar refractivity (Wildman–Crippen MR) is 54.6 cm³/mol. The Morgan fingerprint density at radius 3 is 2.42 bits per heavy atom. The summed E-state index contributed by atoms with van der Waals surface area (Å²) in [5.41, 5.74) is 2.35. The Balaban J connectivity index is 2.33. The molecule has 0 saturated carbocycles. The van der Waals surface area contributed by atoms with E-state index in [0.29, 0.717) is 0 Å². The quantitative estimate of drug-likeness (QED) is 0.621. The number of allylic oxidation sites excluding steroid dienone is 8. The molecule has 1 N–H and O–H groups in total.